The molecule has 3 heterocycles. The second-order valence-corrected chi connectivity index (χ2v) is 9.02. The lowest BCUT2D eigenvalue weighted by atomic mass is 10.1. The number of aromatic nitrogens is 3. The fraction of sp³-hybridized carbons (Fsp3) is 0.444. The van der Waals surface area contributed by atoms with Crippen LogP contribution in [0.5, 0.6) is 0 Å². The van der Waals surface area contributed by atoms with Crippen LogP contribution in [0.25, 0.3) is 16.8 Å². The Kier molecular flexibility index (Phi) is 8.31. The highest BCUT2D eigenvalue weighted by molar-refractivity contribution is 5.95. The average molecular weight is 461 g/mol. The number of hydrogen-bond donors (Lipinski definition) is 2. The number of nitrogens with zero attached hydrogens (tertiary/aromatic N) is 4. The summed E-state index contributed by atoms with van der Waals surface area (Å²) >= 11 is 0. The highest BCUT2D eigenvalue weighted by Gasteiger charge is 2.13. The largest absolute Gasteiger partial charge is 0.370 e. The molecule has 1 aliphatic heterocycles. The second kappa shape index (κ2) is 11.8. The molecule has 0 bridgehead atoms. The van der Waals surface area contributed by atoms with Crippen molar-refractivity contribution in [2.24, 2.45) is 0 Å². The molecular weight excluding hydrogens is 424 g/mol. The molecule has 0 saturated carbocycles. The molecule has 1 saturated heterocycles. The lowest BCUT2D eigenvalue weighted by Crippen LogP contribution is -2.37. The lowest BCUT2D eigenvalue weighted by Gasteiger charge is -2.26. The van der Waals surface area contributed by atoms with Crippen molar-refractivity contribution < 1.29 is 4.79 Å². The molecule has 2 N–H and O–H groups in total. The van der Waals surface area contributed by atoms with Gasteiger partial charge in [0.05, 0.1) is 6.20 Å². The number of likely N-dealkylation sites (tertiary alicyclic amines) is 1. The first kappa shape index (κ1) is 24.0. The summed E-state index contributed by atoms with van der Waals surface area (Å²) in [5.41, 5.74) is 4.82. The van der Waals surface area contributed by atoms with Gasteiger partial charge in [-0.05, 0) is 76.4 Å². The summed E-state index contributed by atoms with van der Waals surface area (Å²) in [7, 11) is 0. The van der Waals surface area contributed by atoms with Crippen LogP contribution in [0.3, 0.4) is 0 Å². The van der Waals surface area contributed by atoms with Crippen LogP contribution in [0.2, 0.25) is 0 Å². The van der Waals surface area contributed by atoms with Crippen LogP contribution < -0.4 is 10.6 Å². The van der Waals surface area contributed by atoms with Gasteiger partial charge in [0.2, 0.25) is 0 Å². The van der Waals surface area contributed by atoms with Crippen molar-refractivity contribution in [2.75, 3.05) is 38.0 Å². The van der Waals surface area contributed by atoms with E-state index in [9.17, 15) is 4.79 Å². The zero-order valence-electron chi connectivity index (χ0n) is 20.4. The van der Waals surface area contributed by atoms with E-state index < -0.39 is 0 Å². The smallest absolute Gasteiger partial charge is 0.251 e. The zero-order chi connectivity index (χ0) is 23.8. The number of nitrogens with one attached hydrogen (secondary N) is 2. The number of allylic oxidation sites excluding steroid dienone is 2. The lowest BCUT2D eigenvalue weighted by molar-refractivity contribution is 0.0946. The molecule has 0 aliphatic carbocycles. The molecule has 7 nitrogen and oxygen atoms in total. The molecule has 0 unspecified atom stereocenters. The van der Waals surface area contributed by atoms with Gasteiger partial charge in [-0.15, -0.1) is 0 Å². The van der Waals surface area contributed by atoms with E-state index in [1.54, 1.807) is 0 Å². The maximum absolute atomic E-state index is 12.6. The number of fused-ring (bicyclic) bond motifs is 1. The van der Waals surface area contributed by atoms with Crippen LogP contribution in [0.4, 0.5) is 5.82 Å². The van der Waals surface area contributed by atoms with Gasteiger partial charge in [0.25, 0.3) is 5.91 Å². The molecule has 0 atom stereocenters. The third kappa shape index (κ3) is 6.03. The van der Waals surface area contributed by atoms with E-state index in [0.29, 0.717) is 12.1 Å². The number of benzene rings is 1. The third-order valence-electron chi connectivity index (χ3n) is 6.57. The number of carbonyl (C=O) groups is 1. The van der Waals surface area contributed by atoms with Crippen molar-refractivity contribution in [3.05, 3.63) is 59.9 Å². The van der Waals surface area contributed by atoms with E-state index in [1.165, 1.54) is 24.8 Å². The Morgan fingerprint density at radius 3 is 2.65 bits per heavy atom. The first-order valence-corrected chi connectivity index (χ1v) is 12.4. The number of piperidine rings is 1. The SMILES string of the molecule is C/C=C(\C)CCCNc1ccnc2c(-c3ccc(C(=O)NCCN4CCCCC4)cc3)cnn12. The fourth-order valence-corrected chi connectivity index (χ4v) is 4.37. The second-order valence-electron chi connectivity index (χ2n) is 9.02. The molecule has 1 fully saturated rings. The van der Waals surface area contributed by atoms with Crippen molar-refractivity contribution in [1.82, 2.24) is 24.8 Å². The summed E-state index contributed by atoms with van der Waals surface area (Å²) in [6.45, 7) is 9.01. The van der Waals surface area contributed by atoms with Crippen molar-refractivity contribution >= 4 is 17.4 Å². The van der Waals surface area contributed by atoms with Gasteiger partial charge < -0.3 is 15.5 Å². The summed E-state index contributed by atoms with van der Waals surface area (Å²) in [6, 6.07) is 9.64. The predicted octanol–water partition coefficient (Wildman–Crippen LogP) is 4.77. The number of anilines is 1. The van der Waals surface area contributed by atoms with Gasteiger partial charge in [-0.25, -0.2) is 4.98 Å². The Bertz CT molecular complexity index is 1110. The van der Waals surface area contributed by atoms with E-state index >= 15 is 0 Å². The highest BCUT2D eigenvalue weighted by atomic mass is 16.1. The van der Waals surface area contributed by atoms with Gasteiger partial charge in [-0.1, -0.05) is 30.2 Å². The molecule has 2 aromatic heterocycles. The first-order valence-electron chi connectivity index (χ1n) is 12.4. The van der Waals surface area contributed by atoms with Crippen molar-refractivity contribution in [2.45, 2.75) is 46.0 Å². The Balaban J connectivity index is 1.36. The molecule has 1 aromatic carbocycles. The standard InChI is InChI=1S/C27H36N6O/c1-3-21(2)8-7-14-28-25-13-15-29-26-24(20-31-33(25)26)22-9-11-23(12-10-22)27(34)30-16-19-32-17-5-4-6-18-32/h3,9-13,15,20,28H,4-8,14,16-19H2,1-2H3,(H,30,34)/b21-3+. The van der Waals surface area contributed by atoms with Gasteiger partial charge in [0.1, 0.15) is 5.82 Å². The van der Waals surface area contributed by atoms with Crippen LogP contribution in [-0.4, -0.2) is 58.1 Å². The Morgan fingerprint density at radius 2 is 1.88 bits per heavy atom. The Labute approximate surface area is 202 Å². The Hall–Kier alpha value is -3.19. The van der Waals surface area contributed by atoms with E-state index in [0.717, 1.165) is 61.6 Å². The highest BCUT2D eigenvalue weighted by Crippen LogP contribution is 2.25. The maximum atomic E-state index is 12.6. The molecule has 34 heavy (non-hydrogen) atoms. The molecule has 1 amide bonds. The van der Waals surface area contributed by atoms with Crippen molar-refractivity contribution in [3.63, 3.8) is 0 Å². The van der Waals surface area contributed by atoms with E-state index in [-0.39, 0.29) is 5.91 Å². The van der Waals surface area contributed by atoms with Crippen molar-refractivity contribution in [3.8, 4) is 11.1 Å². The number of carbonyl (C=O) groups excluding carboxylic acids is 1. The molecular formula is C27H36N6O. The summed E-state index contributed by atoms with van der Waals surface area (Å²) in [6.07, 6.45) is 11.8. The minimum Gasteiger partial charge on any atom is -0.370 e. The number of rotatable bonds is 10. The predicted molar refractivity (Wildman–Crippen MR) is 138 cm³/mol. The molecule has 3 aromatic rings. The van der Waals surface area contributed by atoms with E-state index in [1.807, 2.05) is 47.2 Å². The van der Waals surface area contributed by atoms with Crippen LogP contribution >= 0.6 is 0 Å². The van der Waals surface area contributed by atoms with Crippen molar-refractivity contribution in [1.29, 1.82) is 0 Å². The average Bonchev–Trinajstić information content (AvgIpc) is 3.32. The van der Waals surface area contributed by atoms with Gasteiger partial charge in [0.15, 0.2) is 5.65 Å². The van der Waals surface area contributed by atoms with Crippen LogP contribution in [0.15, 0.2) is 54.4 Å². The monoisotopic (exact) mass is 460 g/mol. The van der Waals surface area contributed by atoms with Gasteiger partial charge in [-0.2, -0.15) is 9.61 Å². The minimum absolute atomic E-state index is 0.0267. The quantitative estimate of drug-likeness (QED) is 0.337. The van der Waals surface area contributed by atoms with Crippen LogP contribution in [0, 0.1) is 0 Å². The van der Waals surface area contributed by atoms with Crippen LogP contribution in [-0.2, 0) is 0 Å². The molecule has 0 spiro atoms. The van der Waals surface area contributed by atoms with Gasteiger partial charge in [0, 0.05) is 37.0 Å². The summed E-state index contributed by atoms with van der Waals surface area (Å²) in [4.78, 5) is 19.5. The van der Waals surface area contributed by atoms with Crippen LogP contribution in [0.1, 0.15) is 56.3 Å². The van der Waals surface area contributed by atoms with E-state index in [2.05, 4.69) is 45.5 Å². The van der Waals surface area contributed by atoms with Gasteiger partial charge >= 0.3 is 0 Å². The normalized spacial score (nSPS) is 14.9. The molecule has 1 aliphatic rings. The zero-order valence-corrected chi connectivity index (χ0v) is 20.4. The molecule has 0 radical (unpaired) electrons. The molecule has 4 rings (SSSR count). The third-order valence-corrected chi connectivity index (χ3v) is 6.57. The maximum Gasteiger partial charge on any atom is 0.251 e. The topological polar surface area (TPSA) is 74.6 Å². The fourth-order valence-electron chi connectivity index (χ4n) is 4.37. The minimum atomic E-state index is -0.0267. The van der Waals surface area contributed by atoms with Gasteiger partial charge in [-0.3, -0.25) is 4.79 Å². The van der Waals surface area contributed by atoms with E-state index in [4.69, 9.17) is 0 Å². The Morgan fingerprint density at radius 1 is 1.09 bits per heavy atom. The number of hydrogen-bond acceptors (Lipinski definition) is 5. The summed E-state index contributed by atoms with van der Waals surface area (Å²) in [5, 5.41) is 11.1. The molecule has 180 valence electrons. The molecule has 7 heteroatoms. The first-order chi connectivity index (χ1) is 16.7. The number of amides is 1. The summed E-state index contributed by atoms with van der Waals surface area (Å²) in [5.74, 6) is 0.903. The summed E-state index contributed by atoms with van der Waals surface area (Å²) < 4.78 is 1.85.